The van der Waals surface area contributed by atoms with Crippen molar-refractivity contribution < 1.29 is 19.4 Å². The maximum Gasteiger partial charge on any atom is 0.256 e. The van der Waals surface area contributed by atoms with Crippen molar-refractivity contribution >= 4 is 11.6 Å². The van der Waals surface area contributed by atoms with E-state index in [4.69, 9.17) is 5.73 Å². The number of aromatic hydroxyl groups is 2. The highest BCUT2D eigenvalue weighted by Gasteiger charge is 2.11. The number of halogens is 1. The van der Waals surface area contributed by atoms with Crippen molar-refractivity contribution in [2.24, 2.45) is 5.73 Å². The monoisotopic (exact) mass is 276 g/mol. The van der Waals surface area contributed by atoms with Crippen molar-refractivity contribution in [1.29, 1.82) is 0 Å². The number of anilines is 1. The summed E-state index contributed by atoms with van der Waals surface area (Å²) in [6.07, 6.45) is 0. The van der Waals surface area contributed by atoms with E-state index in [2.05, 4.69) is 5.32 Å². The molecule has 5 nitrogen and oxygen atoms in total. The van der Waals surface area contributed by atoms with E-state index in [1.54, 1.807) is 6.07 Å². The molecule has 2 rings (SSSR count). The first-order chi connectivity index (χ1) is 9.49. The second kappa shape index (κ2) is 5.58. The third kappa shape index (κ3) is 3.04. The van der Waals surface area contributed by atoms with Gasteiger partial charge in [0.25, 0.3) is 5.91 Å². The Labute approximate surface area is 114 Å². The molecule has 2 aromatic carbocycles. The Morgan fingerprint density at radius 1 is 1.15 bits per heavy atom. The van der Waals surface area contributed by atoms with Crippen molar-refractivity contribution in [3.05, 3.63) is 53.3 Å². The Kier molecular flexibility index (Phi) is 3.86. The van der Waals surface area contributed by atoms with Gasteiger partial charge in [0.1, 0.15) is 17.3 Å². The standard InChI is InChI=1S/C14H13FN2O3/c15-12-3-8(7-16)1-2-13(12)17-14(20)9-4-10(18)6-11(19)5-9/h1-6,18-19H,7,16H2,(H,17,20). The van der Waals surface area contributed by atoms with Gasteiger partial charge in [0.2, 0.25) is 0 Å². The number of hydrogen-bond donors (Lipinski definition) is 4. The van der Waals surface area contributed by atoms with Crippen LogP contribution in [0.15, 0.2) is 36.4 Å². The molecule has 0 fully saturated rings. The molecule has 0 saturated heterocycles. The second-order valence-corrected chi connectivity index (χ2v) is 4.21. The molecule has 0 aliphatic rings. The third-order valence-corrected chi connectivity index (χ3v) is 2.68. The molecule has 20 heavy (non-hydrogen) atoms. The smallest absolute Gasteiger partial charge is 0.256 e. The van der Waals surface area contributed by atoms with Crippen LogP contribution in [0.25, 0.3) is 0 Å². The Bertz CT molecular complexity index is 639. The van der Waals surface area contributed by atoms with Gasteiger partial charge in [-0.1, -0.05) is 6.07 Å². The number of rotatable bonds is 3. The minimum absolute atomic E-state index is 0.00460. The average molecular weight is 276 g/mol. The van der Waals surface area contributed by atoms with Gasteiger partial charge < -0.3 is 21.3 Å². The van der Waals surface area contributed by atoms with Gasteiger partial charge in [0.05, 0.1) is 5.69 Å². The second-order valence-electron chi connectivity index (χ2n) is 4.21. The van der Waals surface area contributed by atoms with Crippen LogP contribution in [0.3, 0.4) is 0 Å². The zero-order valence-electron chi connectivity index (χ0n) is 10.4. The van der Waals surface area contributed by atoms with Gasteiger partial charge in [0.15, 0.2) is 0 Å². The van der Waals surface area contributed by atoms with Gasteiger partial charge in [-0.2, -0.15) is 0 Å². The lowest BCUT2D eigenvalue weighted by molar-refractivity contribution is 0.102. The van der Waals surface area contributed by atoms with E-state index in [0.717, 1.165) is 6.07 Å². The van der Waals surface area contributed by atoms with Crippen LogP contribution < -0.4 is 11.1 Å². The molecule has 0 aromatic heterocycles. The molecule has 5 N–H and O–H groups in total. The zero-order chi connectivity index (χ0) is 14.7. The summed E-state index contributed by atoms with van der Waals surface area (Å²) in [6.45, 7) is 0.200. The maximum atomic E-state index is 13.7. The molecular weight excluding hydrogens is 263 g/mol. The van der Waals surface area contributed by atoms with Crippen LogP contribution in [0.4, 0.5) is 10.1 Å². The Balaban J connectivity index is 2.23. The quantitative estimate of drug-likeness (QED) is 0.689. The van der Waals surface area contributed by atoms with Crippen LogP contribution in [0.1, 0.15) is 15.9 Å². The van der Waals surface area contributed by atoms with E-state index < -0.39 is 11.7 Å². The van der Waals surface area contributed by atoms with Gasteiger partial charge >= 0.3 is 0 Å². The molecule has 0 aliphatic heterocycles. The number of carbonyl (C=O) groups is 1. The van der Waals surface area contributed by atoms with Crippen LogP contribution in [0.2, 0.25) is 0 Å². The van der Waals surface area contributed by atoms with Crippen LogP contribution in [-0.2, 0) is 6.54 Å². The van der Waals surface area contributed by atoms with Crippen LogP contribution >= 0.6 is 0 Å². The summed E-state index contributed by atoms with van der Waals surface area (Å²) in [5, 5.41) is 21.0. The van der Waals surface area contributed by atoms with Crippen molar-refractivity contribution in [3.8, 4) is 11.5 Å². The minimum Gasteiger partial charge on any atom is -0.508 e. The number of hydrogen-bond acceptors (Lipinski definition) is 4. The number of nitrogens with one attached hydrogen (secondary N) is 1. The lowest BCUT2D eigenvalue weighted by atomic mass is 10.1. The topological polar surface area (TPSA) is 95.6 Å². The van der Waals surface area contributed by atoms with Crippen molar-refractivity contribution in [2.45, 2.75) is 6.54 Å². The summed E-state index contributed by atoms with van der Waals surface area (Å²) < 4.78 is 13.7. The lowest BCUT2D eigenvalue weighted by Gasteiger charge is -2.08. The molecule has 0 spiro atoms. The normalized spacial score (nSPS) is 10.3. The molecule has 1 amide bonds. The number of phenols is 2. The van der Waals surface area contributed by atoms with Crippen LogP contribution in [-0.4, -0.2) is 16.1 Å². The molecular formula is C14H13FN2O3. The number of carbonyl (C=O) groups excluding carboxylic acids is 1. The highest BCUT2D eigenvalue weighted by Crippen LogP contribution is 2.22. The first-order valence-corrected chi connectivity index (χ1v) is 5.82. The van der Waals surface area contributed by atoms with E-state index in [0.29, 0.717) is 5.56 Å². The Morgan fingerprint density at radius 2 is 1.80 bits per heavy atom. The van der Waals surface area contributed by atoms with Gasteiger partial charge in [-0.15, -0.1) is 0 Å². The van der Waals surface area contributed by atoms with Crippen molar-refractivity contribution in [1.82, 2.24) is 0 Å². The van der Waals surface area contributed by atoms with Crippen molar-refractivity contribution in [3.63, 3.8) is 0 Å². The SMILES string of the molecule is NCc1ccc(NC(=O)c2cc(O)cc(O)c2)c(F)c1. The largest absolute Gasteiger partial charge is 0.508 e. The van der Waals surface area contributed by atoms with E-state index in [-0.39, 0.29) is 29.3 Å². The molecule has 0 unspecified atom stereocenters. The first-order valence-electron chi connectivity index (χ1n) is 5.82. The summed E-state index contributed by atoms with van der Waals surface area (Å²) in [4.78, 5) is 11.9. The molecule has 0 atom stereocenters. The number of benzene rings is 2. The molecule has 0 heterocycles. The molecule has 0 radical (unpaired) electrons. The van der Waals surface area contributed by atoms with Gasteiger partial charge in [0, 0.05) is 18.2 Å². The Hall–Kier alpha value is -2.60. The average Bonchev–Trinajstić information content (AvgIpc) is 2.39. The summed E-state index contributed by atoms with van der Waals surface area (Å²) in [7, 11) is 0. The fraction of sp³-hybridized carbons (Fsp3) is 0.0714. The Morgan fingerprint density at radius 3 is 2.35 bits per heavy atom. The third-order valence-electron chi connectivity index (χ3n) is 2.68. The summed E-state index contributed by atoms with van der Waals surface area (Å²) >= 11 is 0. The molecule has 2 aromatic rings. The molecule has 104 valence electrons. The molecule has 0 saturated carbocycles. The first kappa shape index (κ1) is 13.8. The predicted octanol–water partition coefficient (Wildman–Crippen LogP) is 1.95. The highest BCUT2D eigenvalue weighted by molar-refractivity contribution is 6.04. The van der Waals surface area contributed by atoms with E-state index in [1.165, 1.54) is 24.3 Å². The predicted molar refractivity (Wildman–Crippen MR) is 72.0 cm³/mol. The van der Waals surface area contributed by atoms with E-state index in [9.17, 15) is 19.4 Å². The highest BCUT2D eigenvalue weighted by atomic mass is 19.1. The molecule has 0 aliphatic carbocycles. The van der Waals surface area contributed by atoms with E-state index >= 15 is 0 Å². The van der Waals surface area contributed by atoms with Gasteiger partial charge in [-0.3, -0.25) is 4.79 Å². The minimum atomic E-state index is -0.643. The van der Waals surface area contributed by atoms with Gasteiger partial charge in [-0.25, -0.2) is 4.39 Å². The number of amides is 1. The molecule has 0 bridgehead atoms. The fourth-order valence-corrected chi connectivity index (χ4v) is 1.71. The number of phenolic OH excluding ortho intramolecular Hbond substituents is 2. The zero-order valence-corrected chi connectivity index (χ0v) is 10.4. The molecule has 6 heteroatoms. The summed E-state index contributed by atoms with van der Waals surface area (Å²) in [5.74, 6) is -1.76. The summed E-state index contributed by atoms with van der Waals surface area (Å²) in [6, 6.07) is 7.65. The van der Waals surface area contributed by atoms with E-state index in [1.807, 2.05) is 0 Å². The van der Waals surface area contributed by atoms with Crippen molar-refractivity contribution in [2.75, 3.05) is 5.32 Å². The van der Waals surface area contributed by atoms with Crippen LogP contribution in [0.5, 0.6) is 11.5 Å². The van der Waals surface area contributed by atoms with Crippen LogP contribution in [0, 0.1) is 5.82 Å². The summed E-state index contributed by atoms with van der Waals surface area (Å²) in [5.41, 5.74) is 6.01. The fourth-order valence-electron chi connectivity index (χ4n) is 1.71. The van der Waals surface area contributed by atoms with Gasteiger partial charge in [-0.05, 0) is 29.8 Å². The number of nitrogens with two attached hydrogens (primary N) is 1. The lowest BCUT2D eigenvalue weighted by Crippen LogP contribution is -2.13. The maximum absolute atomic E-state index is 13.7.